The van der Waals surface area contributed by atoms with Gasteiger partial charge in [-0.05, 0) is 51.1 Å². The van der Waals surface area contributed by atoms with Crippen LogP contribution in [0.15, 0.2) is 36.4 Å². The van der Waals surface area contributed by atoms with Gasteiger partial charge < -0.3 is 24.3 Å². The van der Waals surface area contributed by atoms with Crippen LogP contribution < -0.4 is 19.5 Å². The molecule has 2 aromatic rings. The molecule has 0 saturated heterocycles. The quantitative estimate of drug-likeness (QED) is 0.711. The number of ether oxygens (including phenoxy) is 4. The van der Waals surface area contributed by atoms with Gasteiger partial charge in [0.1, 0.15) is 5.75 Å². The van der Waals surface area contributed by atoms with E-state index < -0.39 is 0 Å². The number of rotatable bonds is 9. The second kappa shape index (κ2) is 9.83. The molecule has 0 spiro atoms. The number of carbonyl (C=O) groups excluding carboxylic acids is 1. The van der Waals surface area contributed by atoms with Gasteiger partial charge in [0.25, 0.3) is 5.91 Å². The summed E-state index contributed by atoms with van der Waals surface area (Å²) in [5, 5.41) is 2.87. The number of hydrogen-bond acceptors (Lipinski definition) is 5. The van der Waals surface area contributed by atoms with E-state index in [4.69, 9.17) is 18.9 Å². The van der Waals surface area contributed by atoms with Gasteiger partial charge in [-0.15, -0.1) is 0 Å². The summed E-state index contributed by atoms with van der Waals surface area (Å²) in [4.78, 5) is 12.7. The molecule has 2 aromatic carbocycles. The first-order valence-electron chi connectivity index (χ1n) is 8.89. The Hall–Kier alpha value is -2.73. The molecule has 6 heteroatoms. The standard InChI is InChI=1S/C21H27NO5/c1-6-26-18-9-7-15(11-16(18)13-27-14(2)3)21(23)22-17-8-10-19(24-4)20(12-17)25-5/h7-12,14H,6,13H2,1-5H3,(H,22,23). The Morgan fingerprint density at radius 3 is 2.33 bits per heavy atom. The molecule has 0 aliphatic heterocycles. The molecular weight excluding hydrogens is 346 g/mol. The van der Waals surface area contributed by atoms with E-state index in [1.54, 1.807) is 50.6 Å². The van der Waals surface area contributed by atoms with Crippen LogP contribution in [-0.4, -0.2) is 32.8 Å². The Kier molecular flexibility index (Phi) is 7.49. The van der Waals surface area contributed by atoms with E-state index in [0.717, 1.165) is 11.3 Å². The first-order valence-corrected chi connectivity index (χ1v) is 8.89. The van der Waals surface area contributed by atoms with Crippen LogP contribution >= 0.6 is 0 Å². The first-order chi connectivity index (χ1) is 13.0. The number of anilines is 1. The van der Waals surface area contributed by atoms with Crippen LogP contribution in [-0.2, 0) is 11.3 Å². The lowest BCUT2D eigenvalue weighted by Crippen LogP contribution is -2.13. The average molecular weight is 373 g/mol. The number of amides is 1. The fourth-order valence-electron chi connectivity index (χ4n) is 2.50. The van der Waals surface area contributed by atoms with Crippen molar-refractivity contribution in [1.82, 2.24) is 0 Å². The zero-order valence-corrected chi connectivity index (χ0v) is 16.5. The molecule has 0 bridgehead atoms. The predicted octanol–water partition coefficient (Wildman–Crippen LogP) is 4.28. The van der Waals surface area contributed by atoms with Crippen molar-refractivity contribution in [1.29, 1.82) is 0 Å². The molecule has 0 radical (unpaired) electrons. The molecule has 1 N–H and O–H groups in total. The van der Waals surface area contributed by atoms with Gasteiger partial charge in [-0.25, -0.2) is 0 Å². The molecule has 146 valence electrons. The zero-order chi connectivity index (χ0) is 19.8. The van der Waals surface area contributed by atoms with E-state index >= 15 is 0 Å². The topological polar surface area (TPSA) is 66.0 Å². The van der Waals surface area contributed by atoms with Crippen molar-refractivity contribution in [2.24, 2.45) is 0 Å². The zero-order valence-electron chi connectivity index (χ0n) is 16.5. The van der Waals surface area contributed by atoms with Crippen molar-refractivity contribution in [3.8, 4) is 17.2 Å². The number of nitrogens with one attached hydrogen (secondary N) is 1. The molecule has 0 aliphatic rings. The van der Waals surface area contributed by atoms with Gasteiger partial charge in [0.05, 0.1) is 33.5 Å². The Morgan fingerprint density at radius 1 is 1.00 bits per heavy atom. The van der Waals surface area contributed by atoms with Crippen molar-refractivity contribution in [2.75, 3.05) is 26.1 Å². The molecule has 6 nitrogen and oxygen atoms in total. The summed E-state index contributed by atoms with van der Waals surface area (Å²) in [6, 6.07) is 10.6. The van der Waals surface area contributed by atoms with Crippen LogP contribution in [0.1, 0.15) is 36.7 Å². The Morgan fingerprint density at radius 2 is 1.70 bits per heavy atom. The molecule has 0 aromatic heterocycles. The van der Waals surface area contributed by atoms with Crippen molar-refractivity contribution in [2.45, 2.75) is 33.5 Å². The van der Waals surface area contributed by atoms with Gasteiger partial charge in [0.2, 0.25) is 0 Å². The highest BCUT2D eigenvalue weighted by Gasteiger charge is 2.13. The maximum atomic E-state index is 12.7. The molecule has 27 heavy (non-hydrogen) atoms. The van der Waals surface area contributed by atoms with Crippen LogP contribution in [0.5, 0.6) is 17.2 Å². The third-order valence-electron chi connectivity index (χ3n) is 3.84. The smallest absolute Gasteiger partial charge is 0.255 e. The third-order valence-corrected chi connectivity index (χ3v) is 3.84. The molecule has 2 rings (SSSR count). The molecule has 0 aliphatic carbocycles. The molecule has 0 fully saturated rings. The Bertz CT molecular complexity index is 773. The van der Waals surface area contributed by atoms with E-state index in [1.807, 2.05) is 20.8 Å². The number of methoxy groups -OCH3 is 2. The van der Waals surface area contributed by atoms with Crippen molar-refractivity contribution in [3.63, 3.8) is 0 Å². The molecule has 0 unspecified atom stereocenters. The fourth-order valence-corrected chi connectivity index (χ4v) is 2.50. The maximum absolute atomic E-state index is 12.7. The second-order valence-corrected chi connectivity index (χ2v) is 6.14. The summed E-state index contributed by atoms with van der Waals surface area (Å²) in [6.07, 6.45) is 0.0868. The summed E-state index contributed by atoms with van der Waals surface area (Å²) in [7, 11) is 3.12. The third kappa shape index (κ3) is 5.62. The largest absolute Gasteiger partial charge is 0.494 e. The monoisotopic (exact) mass is 373 g/mol. The van der Waals surface area contributed by atoms with Crippen LogP contribution in [0.25, 0.3) is 0 Å². The van der Waals surface area contributed by atoms with Gasteiger partial charge >= 0.3 is 0 Å². The predicted molar refractivity (Wildman–Crippen MR) is 105 cm³/mol. The van der Waals surface area contributed by atoms with Crippen molar-refractivity contribution < 1.29 is 23.7 Å². The number of carbonyl (C=O) groups is 1. The SMILES string of the molecule is CCOc1ccc(C(=O)Nc2ccc(OC)c(OC)c2)cc1COC(C)C. The molecule has 1 amide bonds. The molecule has 0 atom stereocenters. The summed E-state index contributed by atoms with van der Waals surface area (Å²) in [6.45, 7) is 6.78. The molecule has 0 heterocycles. The van der Waals surface area contributed by atoms with Crippen molar-refractivity contribution >= 4 is 11.6 Å². The lowest BCUT2D eigenvalue weighted by Gasteiger charge is -2.14. The normalized spacial score (nSPS) is 10.6. The van der Waals surface area contributed by atoms with Gasteiger partial charge in [-0.3, -0.25) is 4.79 Å². The van der Waals surface area contributed by atoms with Gasteiger partial charge in [0.15, 0.2) is 11.5 Å². The fraction of sp³-hybridized carbons (Fsp3) is 0.381. The van der Waals surface area contributed by atoms with Crippen LogP contribution in [0.2, 0.25) is 0 Å². The van der Waals surface area contributed by atoms with Crippen LogP contribution in [0, 0.1) is 0 Å². The van der Waals surface area contributed by atoms with E-state index in [1.165, 1.54) is 0 Å². The minimum atomic E-state index is -0.226. The summed E-state index contributed by atoms with van der Waals surface area (Å²) < 4.78 is 21.8. The van der Waals surface area contributed by atoms with E-state index in [2.05, 4.69) is 5.32 Å². The second-order valence-electron chi connectivity index (χ2n) is 6.14. The summed E-state index contributed by atoms with van der Waals surface area (Å²) in [5.41, 5.74) is 1.98. The Balaban J connectivity index is 2.21. The van der Waals surface area contributed by atoms with Crippen LogP contribution in [0.3, 0.4) is 0 Å². The summed E-state index contributed by atoms with van der Waals surface area (Å²) in [5.74, 6) is 1.65. The highest BCUT2D eigenvalue weighted by molar-refractivity contribution is 6.04. The van der Waals surface area contributed by atoms with Crippen molar-refractivity contribution in [3.05, 3.63) is 47.5 Å². The molecule has 0 saturated carbocycles. The van der Waals surface area contributed by atoms with E-state index in [9.17, 15) is 4.79 Å². The highest BCUT2D eigenvalue weighted by atomic mass is 16.5. The number of benzene rings is 2. The minimum absolute atomic E-state index is 0.0868. The number of hydrogen-bond donors (Lipinski definition) is 1. The van der Waals surface area contributed by atoms with Gasteiger partial charge in [-0.2, -0.15) is 0 Å². The average Bonchev–Trinajstić information content (AvgIpc) is 2.67. The summed E-state index contributed by atoms with van der Waals surface area (Å²) >= 11 is 0. The maximum Gasteiger partial charge on any atom is 0.255 e. The highest BCUT2D eigenvalue weighted by Crippen LogP contribution is 2.30. The van der Waals surface area contributed by atoms with E-state index in [-0.39, 0.29) is 12.0 Å². The minimum Gasteiger partial charge on any atom is -0.494 e. The Labute approximate surface area is 160 Å². The first kappa shape index (κ1) is 20.6. The lowest BCUT2D eigenvalue weighted by molar-refractivity contribution is 0.0641. The molecular formula is C21H27NO5. The van der Waals surface area contributed by atoms with E-state index in [0.29, 0.717) is 36.0 Å². The lowest BCUT2D eigenvalue weighted by atomic mass is 10.1. The van der Waals surface area contributed by atoms with Crippen LogP contribution in [0.4, 0.5) is 5.69 Å². The van der Waals surface area contributed by atoms with Gasteiger partial charge in [0, 0.05) is 22.9 Å². The van der Waals surface area contributed by atoms with Gasteiger partial charge in [-0.1, -0.05) is 0 Å².